The van der Waals surface area contributed by atoms with Crippen LogP contribution in [0.3, 0.4) is 0 Å². The third-order valence-corrected chi connectivity index (χ3v) is 2.27. The molecule has 1 aromatic heterocycles. The lowest BCUT2D eigenvalue weighted by molar-refractivity contribution is 0.608. The first-order valence-electron chi connectivity index (χ1n) is 4.91. The Labute approximate surface area is 96.6 Å². The molecule has 0 fully saturated rings. The summed E-state index contributed by atoms with van der Waals surface area (Å²) in [4.78, 5) is 11.4. The molecule has 1 heterocycles. The van der Waals surface area contributed by atoms with Crippen LogP contribution in [-0.4, -0.2) is 9.78 Å². The third-order valence-electron chi connectivity index (χ3n) is 2.27. The number of rotatable bonds is 2. The van der Waals surface area contributed by atoms with Gasteiger partial charge in [-0.15, -0.1) is 0 Å². The van der Waals surface area contributed by atoms with Gasteiger partial charge in [-0.3, -0.25) is 4.79 Å². The Morgan fingerprint density at radius 3 is 2.88 bits per heavy atom. The predicted molar refractivity (Wildman–Crippen MR) is 58.7 cm³/mol. The molecule has 0 amide bonds. The normalized spacial score (nSPS) is 9.88. The Bertz CT molecular complexity index is 643. The van der Waals surface area contributed by atoms with Crippen LogP contribution in [0.2, 0.25) is 0 Å². The molecule has 0 N–H and O–H groups in total. The fourth-order valence-corrected chi connectivity index (χ4v) is 1.43. The average molecular weight is 229 g/mol. The highest BCUT2D eigenvalue weighted by Gasteiger charge is 2.04. The van der Waals surface area contributed by atoms with Gasteiger partial charge in [0.05, 0.1) is 12.1 Å². The topological polar surface area (TPSA) is 58.7 Å². The van der Waals surface area contributed by atoms with E-state index in [1.165, 1.54) is 35.1 Å². The molecule has 0 atom stereocenters. The van der Waals surface area contributed by atoms with E-state index in [0.29, 0.717) is 5.56 Å². The molecule has 0 unspecified atom stereocenters. The van der Waals surface area contributed by atoms with E-state index in [-0.39, 0.29) is 17.7 Å². The number of benzene rings is 1. The van der Waals surface area contributed by atoms with E-state index in [0.717, 1.165) is 0 Å². The van der Waals surface area contributed by atoms with Crippen LogP contribution in [0.15, 0.2) is 41.3 Å². The summed E-state index contributed by atoms with van der Waals surface area (Å²) in [5.41, 5.74) is 0.321. The summed E-state index contributed by atoms with van der Waals surface area (Å²) < 4.78 is 14.5. The highest BCUT2D eigenvalue weighted by molar-refractivity contribution is 5.33. The van der Waals surface area contributed by atoms with Gasteiger partial charge in [-0.25, -0.2) is 9.07 Å². The maximum atomic E-state index is 13.3. The molecule has 0 aliphatic heterocycles. The van der Waals surface area contributed by atoms with Gasteiger partial charge in [0.15, 0.2) is 0 Å². The van der Waals surface area contributed by atoms with Crippen molar-refractivity contribution < 1.29 is 4.39 Å². The van der Waals surface area contributed by atoms with Crippen molar-refractivity contribution in [2.45, 2.75) is 6.54 Å². The van der Waals surface area contributed by atoms with Gasteiger partial charge in [-0.2, -0.15) is 10.4 Å². The second-order valence-electron chi connectivity index (χ2n) is 3.45. The van der Waals surface area contributed by atoms with Crippen molar-refractivity contribution in [1.82, 2.24) is 9.78 Å². The van der Waals surface area contributed by atoms with Gasteiger partial charge in [0.2, 0.25) is 0 Å². The summed E-state index contributed by atoms with van der Waals surface area (Å²) in [6, 6.07) is 8.88. The quantitative estimate of drug-likeness (QED) is 0.779. The van der Waals surface area contributed by atoms with Crippen LogP contribution in [-0.2, 0) is 6.54 Å². The molecule has 84 valence electrons. The minimum atomic E-state index is -0.589. The van der Waals surface area contributed by atoms with Crippen molar-refractivity contribution in [2.24, 2.45) is 0 Å². The van der Waals surface area contributed by atoms with Crippen molar-refractivity contribution in [3.63, 3.8) is 0 Å². The number of nitrogens with zero attached hydrogens (tertiary/aromatic N) is 3. The molecule has 0 aliphatic rings. The molecule has 17 heavy (non-hydrogen) atoms. The molecule has 2 aromatic rings. The summed E-state index contributed by atoms with van der Waals surface area (Å²) in [7, 11) is 0. The Kier molecular flexibility index (Phi) is 2.97. The van der Waals surface area contributed by atoms with Gasteiger partial charge in [0, 0.05) is 12.3 Å². The van der Waals surface area contributed by atoms with Gasteiger partial charge >= 0.3 is 0 Å². The van der Waals surface area contributed by atoms with Gasteiger partial charge in [-0.1, -0.05) is 6.07 Å². The minimum Gasteiger partial charge on any atom is -0.268 e. The van der Waals surface area contributed by atoms with E-state index in [1.807, 2.05) is 0 Å². The Morgan fingerprint density at radius 2 is 2.24 bits per heavy atom. The molecule has 0 aliphatic carbocycles. The SMILES string of the molecule is N#Cc1ccc(Cn2ncccc2=O)cc1F. The molecule has 4 nitrogen and oxygen atoms in total. The molecular weight excluding hydrogens is 221 g/mol. The molecule has 2 rings (SSSR count). The number of hydrogen-bond acceptors (Lipinski definition) is 3. The molecule has 5 heteroatoms. The Morgan fingerprint density at radius 1 is 1.41 bits per heavy atom. The van der Waals surface area contributed by atoms with Gasteiger partial charge < -0.3 is 0 Å². The van der Waals surface area contributed by atoms with E-state index >= 15 is 0 Å². The van der Waals surface area contributed by atoms with Crippen LogP contribution in [0.25, 0.3) is 0 Å². The van der Waals surface area contributed by atoms with Gasteiger partial charge in [0.1, 0.15) is 11.9 Å². The highest BCUT2D eigenvalue weighted by atomic mass is 19.1. The Balaban J connectivity index is 2.32. The number of halogens is 1. The highest BCUT2D eigenvalue weighted by Crippen LogP contribution is 2.09. The zero-order valence-corrected chi connectivity index (χ0v) is 8.80. The van der Waals surface area contributed by atoms with Crippen LogP contribution in [0, 0.1) is 17.1 Å². The summed E-state index contributed by atoms with van der Waals surface area (Å²) in [6.07, 6.45) is 1.49. The molecule has 0 bridgehead atoms. The van der Waals surface area contributed by atoms with Gasteiger partial charge in [0.25, 0.3) is 5.56 Å². The minimum absolute atomic E-state index is 0.0119. The van der Waals surface area contributed by atoms with Crippen LogP contribution in [0.4, 0.5) is 4.39 Å². The van der Waals surface area contributed by atoms with E-state index in [2.05, 4.69) is 5.10 Å². The Hall–Kier alpha value is -2.48. The van der Waals surface area contributed by atoms with Crippen molar-refractivity contribution in [3.8, 4) is 6.07 Å². The van der Waals surface area contributed by atoms with E-state index in [4.69, 9.17) is 5.26 Å². The first-order chi connectivity index (χ1) is 8.20. The van der Waals surface area contributed by atoms with E-state index < -0.39 is 5.82 Å². The van der Waals surface area contributed by atoms with Crippen LogP contribution < -0.4 is 5.56 Å². The van der Waals surface area contributed by atoms with Crippen molar-refractivity contribution in [3.05, 3.63) is 63.8 Å². The van der Waals surface area contributed by atoms with Crippen LogP contribution >= 0.6 is 0 Å². The number of hydrogen-bond donors (Lipinski definition) is 0. The van der Waals surface area contributed by atoms with Crippen LogP contribution in [0.5, 0.6) is 0 Å². The first-order valence-corrected chi connectivity index (χ1v) is 4.91. The smallest absolute Gasteiger partial charge is 0.267 e. The third kappa shape index (κ3) is 2.37. The average Bonchev–Trinajstić information content (AvgIpc) is 2.32. The van der Waals surface area contributed by atoms with Crippen molar-refractivity contribution >= 4 is 0 Å². The monoisotopic (exact) mass is 229 g/mol. The number of aromatic nitrogens is 2. The summed E-state index contributed by atoms with van der Waals surface area (Å²) in [5.74, 6) is -0.589. The standard InChI is InChI=1S/C12H8FN3O/c13-11-6-9(3-4-10(11)7-14)8-16-12(17)2-1-5-15-16/h1-6H,8H2. The molecule has 0 spiro atoms. The predicted octanol–water partition coefficient (Wildman–Crippen LogP) is 1.30. The lowest BCUT2D eigenvalue weighted by Gasteiger charge is -2.04. The second-order valence-corrected chi connectivity index (χ2v) is 3.45. The largest absolute Gasteiger partial charge is 0.268 e. The van der Waals surface area contributed by atoms with Gasteiger partial charge in [-0.05, 0) is 23.8 Å². The summed E-state index contributed by atoms with van der Waals surface area (Å²) >= 11 is 0. The van der Waals surface area contributed by atoms with Crippen LogP contribution in [0.1, 0.15) is 11.1 Å². The first kappa shape index (κ1) is 11.0. The van der Waals surface area contributed by atoms with E-state index in [1.54, 1.807) is 12.1 Å². The maximum Gasteiger partial charge on any atom is 0.267 e. The zero-order valence-electron chi connectivity index (χ0n) is 8.80. The maximum absolute atomic E-state index is 13.3. The lowest BCUT2D eigenvalue weighted by atomic mass is 10.1. The molecule has 1 aromatic carbocycles. The molecule has 0 saturated heterocycles. The summed E-state index contributed by atoms with van der Waals surface area (Å²) in [6.45, 7) is 0.183. The fourth-order valence-electron chi connectivity index (χ4n) is 1.43. The summed E-state index contributed by atoms with van der Waals surface area (Å²) in [5, 5.41) is 12.4. The van der Waals surface area contributed by atoms with Crippen molar-refractivity contribution in [1.29, 1.82) is 5.26 Å². The lowest BCUT2D eigenvalue weighted by Crippen LogP contribution is -2.21. The molecular formula is C12H8FN3O. The molecule has 0 radical (unpaired) electrons. The number of nitriles is 1. The fraction of sp³-hybridized carbons (Fsp3) is 0.0833. The van der Waals surface area contributed by atoms with E-state index in [9.17, 15) is 9.18 Å². The molecule has 0 saturated carbocycles. The zero-order chi connectivity index (χ0) is 12.3. The second kappa shape index (κ2) is 4.58. The van der Waals surface area contributed by atoms with Crippen molar-refractivity contribution in [2.75, 3.05) is 0 Å².